The summed E-state index contributed by atoms with van der Waals surface area (Å²) in [5.41, 5.74) is 1.19. The standard InChI is InChI=1S/C21H23FN8O/c22-16(17-9-18(31)15(10-23)11-24-17)12-28-6-3-21(4-7-28)5-8-29(13-21)20-2-1-19-26-25-14-30(19)27-20/h1-2,9,11,14,16H,3-8,12-13H2,(H,24,31)/t16-/m0/s1. The van der Waals surface area contributed by atoms with Gasteiger partial charge in [-0.05, 0) is 49.9 Å². The molecule has 2 saturated heterocycles. The number of hydrogen-bond donors (Lipinski definition) is 1. The van der Waals surface area contributed by atoms with Gasteiger partial charge in [-0.25, -0.2) is 4.39 Å². The second-order valence-electron chi connectivity index (χ2n) is 8.50. The first-order valence-corrected chi connectivity index (χ1v) is 10.4. The van der Waals surface area contributed by atoms with Crippen LogP contribution in [0.1, 0.15) is 36.7 Å². The van der Waals surface area contributed by atoms with Gasteiger partial charge < -0.3 is 10.0 Å². The fraction of sp³-hybridized carbons (Fsp3) is 0.476. The van der Waals surface area contributed by atoms with Crippen molar-refractivity contribution in [2.24, 2.45) is 5.41 Å². The average molecular weight is 422 g/mol. The number of nitrogens with zero attached hydrogens (tertiary/aromatic N) is 8. The zero-order chi connectivity index (χ0) is 21.4. The van der Waals surface area contributed by atoms with Gasteiger partial charge in [-0.2, -0.15) is 9.78 Å². The molecule has 10 heteroatoms. The second-order valence-corrected chi connectivity index (χ2v) is 8.50. The van der Waals surface area contributed by atoms with E-state index in [0.29, 0.717) is 0 Å². The van der Waals surface area contributed by atoms with Gasteiger partial charge >= 0.3 is 0 Å². The minimum atomic E-state index is -1.30. The maximum absolute atomic E-state index is 14.8. The van der Waals surface area contributed by atoms with Crippen molar-refractivity contribution < 1.29 is 9.50 Å². The summed E-state index contributed by atoms with van der Waals surface area (Å²) < 4.78 is 16.5. The molecule has 0 aromatic carbocycles. The molecule has 5 heterocycles. The number of pyridine rings is 1. The van der Waals surface area contributed by atoms with Crippen molar-refractivity contribution in [3.8, 4) is 11.8 Å². The smallest absolute Gasteiger partial charge is 0.177 e. The van der Waals surface area contributed by atoms with E-state index in [0.717, 1.165) is 56.9 Å². The number of anilines is 1. The van der Waals surface area contributed by atoms with Crippen LogP contribution in [-0.4, -0.2) is 67.5 Å². The Hall–Kier alpha value is -3.32. The highest BCUT2D eigenvalue weighted by Crippen LogP contribution is 2.42. The van der Waals surface area contributed by atoms with Gasteiger partial charge in [0, 0.05) is 31.9 Å². The Morgan fingerprint density at radius 3 is 2.81 bits per heavy atom. The van der Waals surface area contributed by atoms with Crippen LogP contribution < -0.4 is 4.90 Å². The summed E-state index contributed by atoms with van der Waals surface area (Å²) in [7, 11) is 0. The maximum Gasteiger partial charge on any atom is 0.177 e. The fourth-order valence-corrected chi connectivity index (χ4v) is 4.67. The molecule has 3 aromatic rings. The van der Waals surface area contributed by atoms with Crippen molar-refractivity contribution in [1.29, 1.82) is 5.26 Å². The SMILES string of the molecule is N#Cc1cnc([C@@H](F)CN2CCC3(CC2)CCN(c2ccc4nncn4n2)C3)cc1O. The molecule has 2 fully saturated rings. The van der Waals surface area contributed by atoms with Crippen molar-refractivity contribution >= 4 is 11.5 Å². The first-order chi connectivity index (χ1) is 15.0. The number of aromatic hydroxyl groups is 1. The number of alkyl halides is 1. The third kappa shape index (κ3) is 3.77. The minimum absolute atomic E-state index is 0.0552. The fourth-order valence-electron chi connectivity index (χ4n) is 4.67. The van der Waals surface area contributed by atoms with Crippen molar-refractivity contribution in [2.75, 3.05) is 37.6 Å². The van der Waals surface area contributed by atoms with Crippen molar-refractivity contribution in [2.45, 2.75) is 25.4 Å². The van der Waals surface area contributed by atoms with Gasteiger partial charge in [0.1, 0.15) is 29.5 Å². The molecule has 2 aliphatic rings. The van der Waals surface area contributed by atoms with Crippen molar-refractivity contribution in [3.05, 3.63) is 42.0 Å². The monoisotopic (exact) mass is 422 g/mol. The van der Waals surface area contributed by atoms with Gasteiger partial charge in [-0.3, -0.25) is 9.88 Å². The quantitative estimate of drug-likeness (QED) is 0.681. The average Bonchev–Trinajstić information content (AvgIpc) is 3.42. The molecule has 1 atom stereocenters. The zero-order valence-corrected chi connectivity index (χ0v) is 17.0. The predicted octanol–water partition coefficient (Wildman–Crippen LogP) is 2.10. The van der Waals surface area contributed by atoms with Crippen LogP contribution in [0, 0.1) is 16.7 Å². The number of hydrogen-bond acceptors (Lipinski definition) is 8. The van der Waals surface area contributed by atoms with Crippen LogP contribution in [0.2, 0.25) is 0 Å². The summed E-state index contributed by atoms with van der Waals surface area (Å²) in [6.07, 6.45) is 4.66. The summed E-state index contributed by atoms with van der Waals surface area (Å²) in [6, 6.07) is 7.01. The lowest BCUT2D eigenvalue weighted by molar-refractivity contribution is 0.0952. The molecule has 0 aliphatic carbocycles. The number of nitriles is 1. The first kappa shape index (κ1) is 19.6. The van der Waals surface area contributed by atoms with Crippen LogP contribution >= 0.6 is 0 Å². The molecular formula is C21H23FN8O. The number of rotatable bonds is 4. The van der Waals surface area contributed by atoms with Gasteiger partial charge in [-0.15, -0.1) is 15.3 Å². The highest BCUT2D eigenvalue weighted by Gasteiger charge is 2.41. The Kier molecular flexibility index (Phi) is 4.90. The molecule has 5 rings (SSSR count). The molecule has 0 bridgehead atoms. The van der Waals surface area contributed by atoms with E-state index >= 15 is 0 Å². The Bertz CT molecular complexity index is 1130. The summed E-state index contributed by atoms with van der Waals surface area (Å²) >= 11 is 0. The molecule has 31 heavy (non-hydrogen) atoms. The van der Waals surface area contributed by atoms with Gasteiger partial charge in [0.2, 0.25) is 0 Å². The van der Waals surface area contributed by atoms with E-state index in [9.17, 15) is 9.50 Å². The third-order valence-electron chi connectivity index (χ3n) is 6.59. The lowest BCUT2D eigenvalue weighted by atomic mass is 9.77. The summed E-state index contributed by atoms with van der Waals surface area (Å²) in [5, 5.41) is 31.2. The lowest BCUT2D eigenvalue weighted by Crippen LogP contribution is -2.42. The number of likely N-dealkylation sites (tertiary alicyclic amines) is 1. The molecule has 1 N–H and O–H groups in total. The van der Waals surface area contributed by atoms with E-state index in [2.05, 4.69) is 30.1 Å². The summed E-state index contributed by atoms with van der Waals surface area (Å²) in [5.74, 6) is 0.708. The van der Waals surface area contributed by atoms with Gasteiger partial charge in [-0.1, -0.05) is 0 Å². The van der Waals surface area contributed by atoms with Crippen molar-refractivity contribution in [1.82, 2.24) is 29.7 Å². The first-order valence-electron chi connectivity index (χ1n) is 10.4. The van der Waals surface area contributed by atoms with Crippen LogP contribution in [0.5, 0.6) is 5.75 Å². The zero-order valence-electron chi connectivity index (χ0n) is 17.0. The van der Waals surface area contributed by atoms with Crippen LogP contribution in [-0.2, 0) is 0 Å². The van der Waals surface area contributed by atoms with E-state index in [1.807, 2.05) is 18.2 Å². The third-order valence-corrected chi connectivity index (χ3v) is 6.59. The number of piperidine rings is 1. The molecule has 160 valence electrons. The predicted molar refractivity (Wildman–Crippen MR) is 110 cm³/mol. The van der Waals surface area contributed by atoms with Crippen LogP contribution in [0.4, 0.5) is 10.2 Å². The molecule has 0 saturated carbocycles. The van der Waals surface area contributed by atoms with Gasteiger partial charge in [0.25, 0.3) is 0 Å². The van der Waals surface area contributed by atoms with E-state index < -0.39 is 6.17 Å². The Balaban J connectivity index is 1.18. The molecule has 0 amide bonds. The normalized spacial score (nSPS) is 19.7. The lowest BCUT2D eigenvalue weighted by Gasteiger charge is -2.39. The molecule has 2 aliphatic heterocycles. The molecule has 0 radical (unpaired) electrons. The topological polar surface area (TPSA) is 106 Å². The largest absolute Gasteiger partial charge is 0.506 e. The van der Waals surface area contributed by atoms with E-state index in [1.165, 1.54) is 12.3 Å². The van der Waals surface area contributed by atoms with Gasteiger partial charge in [0.05, 0.1) is 5.69 Å². The molecule has 0 unspecified atom stereocenters. The highest BCUT2D eigenvalue weighted by atomic mass is 19.1. The Morgan fingerprint density at radius 1 is 1.23 bits per heavy atom. The molecule has 9 nitrogen and oxygen atoms in total. The number of halogens is 1. The van der Waals surface area contributed by atoms with E-state index in [-0.39, 0.29) is 29.0 Å². The Morgan fingerprint density at radius 2 is 2.03 bits per heavy atom. The van der Waals surface area contributed by atoms with E-state index in [1.54, 1.807) is 10.8 Å². The molecule has 1 spiro atoms. The molecular weight excluding hydrogens is 399 g/mol. The van der Waals surface area contributed by atoms with Crippen LogP contribution in [0.3, 0.4) is 0 Å². The minimum Gasteiger partial charge on any atom is -0.506 e. The number of fused-ring (bicyclic) bond motifs is 1. The molecule has 3 aromatic heterocycles. The van der Waals surface area contributed by atoms with E-state index in [4.69, 9.17) is 5.26 Å². The number of aromatic nitrogens is 5. The summed E-state index contributed by atoms with van der Waals surface area (Å²) in [6.45, 7) is 3.80. The Labute approximate surface area is 178 Å². The second kappa shape index (κ2) is 7.74. The van der Waals surface area contributed by atoms with Gasteiger partial charge in [0.15, 0.2) is 11.8 Å². The van der Waals surface area contributed by atoms with Crippen LogP contribution in [0.25, 0.3) is 5.65 Å². The van der Waals surface area contributed by atoms with Crippen molar-refractivity contribution in [3.63, 3.8) is 0 Å². The van der Waals surface area contributed by atoms with Crippen LogP contribution in [0.15, 0.2) is 30.7 Å². The maximum atomic E-state index is 14.8. The summed E-state index contributed by atoms with van der Waals surface area (Å²) in [4.78, 5) is 8.44. The highest BCUT2D eigenvalue weighted by molar-refractivity contribution is 5.46.